The highest BCUT2D eigenvalue weighted by atomic mass is 19.4. The van der Waals surface area contributed by atoms with E-state index in [0.717, 1.165) is 18.7 Å². The summed E-state index contributed by atoms with van der Waals surface area (Å²) >= 11 is 0. The third kappa shape index (κ3) is 5.10. The number of para-hydroxylation sites is 1. The van der Waals surface area contributed by atoms with Gasteiger partial charge in [-0.25, -0.2) is 0 Å². The maximum atomic E-state index is 12.7. The molecule has 0 atom stereocenters. The Morgan fingerprint density at radius 1 is 1.00 bits per heavy atom. The van der Waals surface area contributed by atoms with Gasteiger partial charge in [-0.1, -0.05) is 26.0 Å². The molecule has 28 heavy (non-hydrogen) atoms. The molecule has 0 aliphatic rings. The molecule has 5 nitrogen and oxygen atoms in total. The van der Waals surface area contributed by atoms with Crippen LogP contribution in [0.1, 0.15) is 25.3 Å². The van der Waals surface area contributed by atoms with Gasteiger partial charge in [0, 0.05) is 24.7 Å². The summed E-state index contributed by atoms with van der Waals surface area (Å²) in [7, 11) is 0. The smallest absolute Gasteiger partial charge is 0.416 e. The summed E-state index contributed by atoms with van der Waals surface area (Å²) in [4.78, 5) is 0. The van der Waals surface area contributed by atoms with Gasteiger partial charge in [-0.3, -0.25) is 0 Å². The molecule has 0 amide bonds. The highest BCUT2D eigenvalue weighted by Crippen LogP contribution is 2.32. The van der Waals surface area contributed by atoms with E-state index in [-0.39, 0.29) is 0 Å². The van der Waals surface area contributed by atoms with Gasteiger partial charge in [0.2, 0.25) is 11.8 Å². The number of rotatable bonds is 7. The van der Waals surface area contributed by atoms with Crippen LogP contribution in [0.3, 0.4) is 0 Å². The highest BCUT2D eigenvalue weighted by Gasteiger charge is 2.29. The van der Waals surface area contributed by atoms with Gasteiger partial charge in [-0.05, 0) is 36.4 Å². The Morgan fingerprint density at radius 2 is 1.71 bits per heavy atom. The minimum atomic E-state index is -4.36. The number of halogens is 3. The van der Waals surface area contributed by atoms with Gasteiger partial charge in [-0.15, -0.1) is 10.2 Å². The molecular formula is C20H21F3N4O. The zero-order valence-corrected chi connectivity index (χ0v) is 15.5. The summed E-state index contributed by atoms with van der Waals surface area (Å²) in [5, 5.41) is 14.6. The van der Waals surface area contributed by atoms with E-state index in [1.807, 2.05) is 18.2 Å². The van der Waals surface area contributed by atoms with Crippen molar-refractivity contribution in [3.05, 3.63) is 60.0 Å². The molecule has 8 heteroatoms. The van der Waals surface area contributed by atoms with Crippen LogP contribution in [0.15, 0.2) is 52.9 Å². The molecule has 0 unspecified atom stereocenters. The lowest BCUT2D eigenvalue weighted by molar-refractivity contribution is -0.137. The molecule has 0 radical (unpaired) electrons. The topological polar surface area (TPSA) is 63.0 Å². The van der Waals surface area contributed by atoms with E-state index in [2.05, 4.69) is 34.7 Å². The standard InChI is InChI=1S/C20H21F3N4O/c1-13(2)24-12-11-18-26-27-19(28-18)16-5-3-4-6-17(16)25-15-9-7-14(8-10-15)20(21,22)23/h3-10,13,24-25H,11-12H2,1-2H3. The SMILES string of the molecule is CC(C)NCCc1nnc(-c2ccccc2Nc2ccc(C(F)(F)F)cc2)o1. The largest absolute Gasteiger partial charge is 0.421 e. The fraction of sp³-hybridized carbons (Fsp3) is 0.300. The summed E-state index contributed by atoms with van der Waals surface area (Å²) in [6, 6.07) is 12.5. The van der Waals surface area contributed by atoms with Gasteiger partial charge in [0.25, 0.3) is 0 Å². The van der Waals surface area contributed by atoms with Gasteiger partial charge in [0.05, 0.1) is 16.8 Å². The molecular weight excluding hydrogens is 369 g/mol. The molecule has 1 heterocycles. The molecule has 1 aromatic heterocycles. The van der Waals surface area contributed by atoms with Crippen molar-refractivity contribution in [1.82, 2.24) is 15.5 Å². The average molecular weight is 390 g/mol. The summed E-state index contributed by atoms with van der Waals surface area (Å²) < 4.78 is 43.9. The van der Waals surface area contributed by atoms with Crippen LogP contribution in [0.5, 0.6) is 0 Å². The second-order valence-electron chi connectivity index (χ2n) is 6.61. The lowest BCUT2D eigenvalue weighted by atomic mass is 10.1. The minimum Gasteiger partial charge on any atom is -0.421 e. The van der Waals surface area contributed by atoms with E-state index in [9.17, 15) is 13.2 Å². The third-order valence-electron chi connectivity index (χ3n) is 4.01. The first-order valence-corrected chi connectivity index (χ1v) is 8.92. The number of hydrogen-bond donors (Lipinski definition) is 2. The lowest BCUT2D eigenvalue weighted by Crippen LogP contribution is -2.25. The normalized spacial score (nSPS) is 11.8. The predicted molar refractivity (Wildman–Crippen MR) is 101 cm³/mol. The van der Waals surface area contributed by atoms with E-state index in [4.69, 9.17) is 4.42 Å². The van der Waals surface area contributed by atoms with E-state index in [1.165, 1.54) is 12.1 Å². The lowest BCUT2D eigenvalue weighted by Gasteiger charge is -2.11. The van der Waals surface area contributed by atoms with Crippen LogP contribution in [-0.2, 0) is 12.6 Å². The molecule has 2 aromatic carbocycles. The Morgan fingerprint density at radius 3 is 2.39 bits per heavy atom. The van der Waals surface area contributed by atoms with Crippen molar-refractivity contribution in [2.75, 3.05) is 11.9 Å². The molecule has 0 spiro atoms. The van der Waals surface area contributed by atoms with Crippen LogP contribution in [0.25, 0.3) is 11.5 Å². The molecule has 3 aromatic rings. The molecule has 148 valence electrons. The number of nitrogens with zero attached hydrogens (tertiary/aromatic N) is 2. The molecule has 0 fully saturated rings. The Hall–Kier alpha value is -2.87. The van der Waals surface area contributed by atoms with Gasteiger partial charge in [-0.2, -0.15) is 13.2 Å². The van der Waals surface area contributed by atoms with Crippen LogP contribution in [-0.4, -0.2) is 22.8 Å². The second kappa shape index (κ2) is 8.43. The summed E-state index contributed by atoms with van der Waals surface area (Å²) in [5.74, 6) is 0.877. The van der Waals surface area contributed by atoms with Crippen LogP contribution in [0.4, 0.5) is 24.5 Å². The second-order valence-corrected chi connectivity index (χ2v) is 6.61. The molecule has 2 N–H and O–H groups in total. The zero-order chi connectivity index (χ0) is 20.1. The van der Waals surface area contributed by atoms with Crippen LogP contribution in [0.2, 0.25) is 0 Å². The number of nitrogens with one attached hydrogen (secondary N) is 2. The predicted octanol–water partition coefficient (Wildman–Crippen LogP) is 5.04. The molecule has 0 saturated heterocycles. The Bertz CT molecular complexity index is 904. The van der Waals surface area contributed by atoms with E-state index < -0.39 is 11.7 Å². The fourth-order valence-corrected chi connectivity index (χ4v) is 2.61. The first-order valence-electron chi connectivity index (χ1n) is 8.92. The van der Waals surface area contributed by atoms with Gasteiger partial charge >= 0.3 is 6.18 Å². The number of aromatic nitrogens is 2. The maximum Gasteiger partial charge on any atom is 0.416 e. The first kappa shape index (κ1) is 19.9. The van der Waals surface area contributed by atoms with Crippen molar-refractivity contribution in [2.24, 2.45) is 0 Å². The van der Waals surface area contributed by atoms with Gasteiger partial charge in [0.15, 0.2) is 0 Å². The van der Waals surface area contributed by atoms with Crippen molar-refractivity contribution >= 4 is 11.4 Å². The number of hydrogen-bond acceptors (Lipinski definition) is 5. The van der Waals surface area contributed by atoms with Crippen molar-refractivity contribution in [3.63, 3.8) is 0 Å². The summed E-state index contributed by atoms with van der Waals surface area (Å²) in [6.45, 7) is 4.84. The molecule has 0 aliphatic heterocycles. The van der Waals surface area contributed by atoms with Crippen molar-refractivity contribution in [1.29, 1.82) is 0 Å². The fourth-order valence-electron chi connectivity index (χ4n) is 2.61. The Kier molecular flexibility index (Phi) is 5.99. The number of anilines is 2. The number of alkyl halides is 3. The monoisotopic (exact) mass is 390 g/mol. The Balaban J connectivity index is 1.76. The minimum absolute atomic E-state index is 0.356. The molecule has 0 aliphatic carbocycles. The number of benzene rings is 2. The van der Waals surface area contributed by atoms with E-state index in [0.29, 0.717) is 41.2 Å². The highest BCUT2D eigenvalue weighted by molar-refractivity contribution is 5.76. The van der Waals surface area contributed by atoms with E-state index in [1.54, 1.807) is 6.07 Å². The third-order valence-corrected chi connectivity index (χ3v) is 4.01. The quantitative estimate of drug-likeness (QED) is 0.592. The van der Waals surface area contributed by atoms with Crippen LogP contribution < -0.4 is 10.6 Å². The van der Waals surface area contributed by atoms with Crippen molar-refractivity contribution in [2.45, 2.75) is 32.5 Å². The zero-order valence-electron chi connectivity index (χ0n) is 15.5. The Labute approximate surface area is 161 Å². The molecule has 0 bridgehead atoms. The maximum absolute atomic E-state index is 12.7. The molecule has 3 rings (SSSR count). The van der Waals surface area contributed by atoms with Crippen LogP contribution in [0, 0.1) is 0 Å². The summed E-state index contributed by atoms with van der Waals surface area (Å²) in [6.07, 6.45) is -3.75. The van der Waals surface area contributed by atoms with Gasteiger partial charge < -0.3 is 15.1 Å². The average Bonchev–Trinajstić information content (AvgIpc) is 3.10. The molecule has 0 saturated carbocycles. The summed E-state index contributed by atoms with van der Waals surface area (Å²) in [5.41, 5.74) is 1.18. The van der Waals surface area contributed by atoms with E-state index >= 15 is 0 Å². The van der Waals surface area contributed by atoms with Crippen molar-refractivity contribution in [3.8, 4) is 11.5 Å². The van der Waals surface area contributed by atoms with Gasteiger partial charge in [0.1, 0.15) is 0 Å². The van der Waals surface area contributed by atoms with Crippen molar-refractivity contribution < 1.29 is 17.6 Å². The first-order chi connectivity index (χ1) is 13.3. The van der Waals surface area contributed by atoms with Crippen LogP contribution >= 0.6 is 0 Å².